The molecule has 10 rings (SSSR count). The van der Waals surface area contributed by atoms with Gasteiger partial charge >= 0.3 is 5.97 Å². The summed E-state index contributed by atoms with van der Waals surface area (Å²) in [7, 11) is 0. The van der Waals surface area contributed by atoms with E-state index in [2.05, 4.69) is 230 Å². The predicted molar refractivity (Wildman–Crippen MR) is 312 cm³/mol. The Morgan fingerprint density at radius 1 is 0.479 bits per heavy atom. The maximum Gasteiger partial charge on any atom is 0.338 e. The first-order valence-corrected chi connectivity index (χ1v) is 26.8. The van der Waals surface area contributed by atoms with Crippen molar-refractivity contribution in [3.8, 4) is 11.1 Å². The number of hydrogen-bond donors (Lipinski definition) is 0. The van der Waals surface area contributed by atoms with Crippen LogP contribution in [0.4, 0.5) is 34.1 Å². The lowest BCUT2D eigenvalue weighted by molar-refractivity contribution is 0.0472. The summed E-state index contributed by atoms with van der Waals surface area (Å²) in [5, 5.41) is 0. The standard InChI is InChI=1S/C68H77BN2O2/c1-63(2,3)47-34-48(64(4,5)6)37-51(36-47)70-57-28-27-45(44-25-21-18-22-26-44)31-55(57)69-56-40-53-54(68(15,16)30-29-67(53,13)14)41-58(56)71(52-38-49(65(7,8)9)35-50(39-52)66(10,11)12)60-33-46(32-59(70)61(60)69)62(72)73-42-43-23-19-17-20-24-43/h17-28,31-41H,29-30,42H2,1-16H3. The Bertz CT molecular complexity index is 3230. The molecule has 0 fully saturated rings. The van der Waals surface area contributed by atoms with E-state index < -0.39 is 0 Å². The summed E-state index contributed by atoms with van der Waals surface area (Å²) >= 11 is 0. The van der Waals surface area contributed by atoms with Gasteiger partial charge in [-0.1, -0.05) is 202 Å². The lowest BCUT2D eigenvalue weighted by atomic mass is 9.33. The van der Waals surface area contributed by atoms with Crippen molar-refractivity contribution in [1.29, 1.82) is 0 Å². The van der Waals surface area contributed by atoms with Crippen molar-refractivity contribution in [3.63, 3.8) is 0 Å². The topological polar surface area (TPSA) is 32.8 Å². The van der Waals surface area contributed by atoms with Crippen molar-refractivity contribution in [2.45, 2.75) is 163 Å². The van der Waals surface area contributed by atoms with E-state index in [0.717, 1.165) is 46.8 Å². The molecule has 0 atom stereocenters. The van der Waals surface area contributed by atoms with Gasteiger partial charge in [-0.05, 0) is 160 Å². The van der Waals surface area contributed by atoms with E-state index >= 15 is 4.79 Å². The van der Waals surface area contributed by atoms with Crippen molar-refractivity contribution in [3.05, 3.63) is 184 Å². The van der Waals surface area contributed by atoms with Crippen LogP contribution in [-0.2, 0) is 43.8 Å². The second kappa shape index (κ2) is 17.4. The van der Waals surface area contributed by atoms with E-state index in [1.807, 2.05) is 30.3 Å². The number of anilines is 6. The van der Waals surface area contributed by atoms with Crippen LogP contribution in [0.3, 0.4) is 0 Å². The Morgan fingerprint density at radius 3 is 1.40 bits per heavy atom. The van der Waals surface area contributed by atoms with Crippen LogP contribution in [-0.4, -0.2) is 12.7 Å². The molecule has 4 nitrogen and oxygen atoms in total. The van der Waals surface area contributed by atoms with Gasteiger partial charge in [-0.2, -0.15) is 0 Å². The molecule has 0 aromatic heterocycles. The number of fused-ring (bicyclic) bond motifs is 5. The number of nitrogens with zero attached hydrogens (tertiary/aromatic N) is 2. The van der Waals surface area contributed by atoms with Gasteiger partial charge in [0, 0.05) is 34.1 Å². The van der Waals surface area contributed by atoms with Gasteiger partial charge in [-0.25, -0.2) is 4.79 Å². The molecule has 3 aliphatic rings. The number of rotatable bonds is 6. The largest absolute Gasteiger partial charge is 0.457 e. The Labute approximate surface area is 438 Å². The van der Waals surface area contributed by atoms with Gasteiger partial charge in [0.2, 0.25) is 0 Å². The van der Waals surface area contributed by atoms with E-state index in [-0.39, 0.29) is 51.8 Å². The first-order chi connectivity index (χ1) is 34.1. The van der Waals surface area contributed by atoms with Crippen LogP contribution in [0.25, 0.3) is 11.1 Å². The lowest BCUT2D eigenvalue weighted by Crippen LogP contribution is -2.62. The molecule has 0 amide bonds. The summed E-state index contributed by atoms with van der Waals surface area (Å²) in [5.74, 6) is -0.346. The van der Waals surface area contributed by atoms with Gasteiger partial charge in [0.25, 0.3) is 6.71 Å². The highest BCUT2D eigenvalue weighted by atomic mass is 16.5. The summed E-state index contributed by atoms with van der Waals surface area (Å²) < 4.78 is 6.34. The Kier molecular flexibility index (Phi) is 12.0. The molecule has 0 bridgehead atoms. The second-order valence-electron chi connectivity index (χ2n) is 27.0. The summed E-state index contributed by atoms with van der Waals surface area (Å²) in [6.07, 6.45) is 2.21. The van der Waals surface area contributed by atoms with E-state index in [4.69, 9.17) is 4.74 Å². The summed E-state index contributed by atoms with van der Waals surface area (Å²) in [6.45, 7) is 37.6. The van der Waals surface area contributed by atoms with Crippen LogP contribution in [0.15, 0.2) is 140 Å². The van der Waals surface area contributed by atoms with Gasteiger partial charge in [0.1, 0.15) is 6.61 Å². The highest BCUT2D eigenvalue weighted by molar-refractivity contribution is 7.00. The smallest absolute Gasteiger partial charge is 0.338 e. The molecular weight excluding hydrogens is 888 g/mol. The molecule has 1 aliphatic carbocycles. The fraction of sp³-hybridized carbons (Fsp3) is 0.368. The average molecular weight is 965 g/mol. The zero-order chi connectivity index (χ0) is 52.4. The quantitative estimate of drug-likeness (QED) is 0.123. The fourth-order valence-electron chi connectivity index (χ4n) is 11.6. The van der Waals surface area contributed by atoms with Gasteiger partial charge in [0.15, 0.2) is 0 Å². The minimum absolute atomic E-state index is 0.0298. The van der Waals surface area contributed by atoms with Gasteiger partial charge < -0.3 is 14.5 Å². The molecule has 5 heteroatoms. The number of carbonyl (C=O) groups is 1. The van der Waals surface area contributed by atoms with Gasteiger partial charge in [0.05, 0.1) is 5.56 Å². The number of hydrogen-bond acceptors (Lipinski definition) is 4. The van der Waals surface area contributed by atoms with Gasteiger partial charge in [-0.3, -0.25) is 0 Å². The first kappa shape index (κ1) is 50.2. The molecule has 0 radical (unpaired) electrons. The minimum atomic E-state index is -0.346. The molecule has 7 aromatic rings. The van der Waals surface area contributed by atoms with Crippen LogP contribution < -0.4 is 26.2 Å². The number of esters is 1. The predicted octanol–water partition coefficient (Wildman–Crippen LogP) is 16.3. The van der Waals surface area contributed by atoms with Crippen LogP contribution in [0, 0.1) is 0 Å². The number of carbonyl (C=O) groups excluding carboxylic acids is 1. The third kappa shape index (κ3) is 9.14. The summed E-state index contributed by atoms with van der Waals surface area (Å²) in [4.78, 5) is 20.1. The zero-order valence-electron chi connectivity index (χ0n) is 46.7. The van der Waals surface area contributed by atoms with Crippen molar-refractivity contribution in [2.24, 2.45) is 0 Å². The molecule has 73 heavy (non-hydrogen) atoms. The van der Waals surface area contributed by atoms with E-state index in [1.54, 1.807) is 0 Å². The third-order valence-corrected chi connectivity index (χ3v) is 16.4. The molecule has 0 saturated carbocycles. The van der Waals surface area contributed by atoms with Crippen molar-refractivity contribution >= 4 is 63.2 Å². The zero-order valence-corrected chi connectivity index (χ0v) is 46.7. The van der Waals surface area contributed by atoms with Crippen LogP contribution in [0.2, 0.25) is 0 Å². The summed E-state index contributed by atoms with van der Waals surface area (Å²) in [6, 6.07) is 51.9. The monoisotopic (exact) mass is 965 g/mol. The molecule has 0 N–H and O–H groups in total. The maximum atomic E-state index is 15.1. The van der Waals surface area contributed by atoms with E-state index in [9.17, 15) is 0 Å². The van der Waals surface area contributed by atoms with Crippen LogP contribution >= 0.6 is 0 Å². The SMILES string of the molecule is CC(C)(C)c1cc(N2c3ccc(-c4ccccc4)cc3B3c4cc5c(cc4N(c4cc(C(C)(C)C)cc(C(C)(C)C)c4)c4cc(C(=O)OCc6ccccc6)cc2c43)C(C)(C)CCC5(C)C)cc(C(C)(C)C)c1. The van der Waals surface area contributed by atoms with Gasteiger partial charge in [-0.15, -0.1) is 0 Å². The lowest BCUT2D eigenvalue weighted by Gasteiger charge is -2.48. The second-order valence-corrected chi connectivity index (χ2v) is 27.0. The molecule has 0 spiro atoms. The number of benzene rings is 7. The molecule has 374 valence electrons. The average Bonchev–Trinajstić information content (AvgIpc) is 3.33. The Balaban J connectivity index is 1.37. The van der Waals surface area contributed by atoms with E-state index in [0.29, 0.717) is 5.56 Å². The highest BCUT2D eigenvalue weighted by Gasteiger charge is 2.47. The molecule has 0 unspecified atom stereocenters. The number of ether oxygens (including phenoxy) is 1. The molecule has 0 saturated heterocycles. The van der Waals surface area contributed by atoms with E-state index in [1.165, 1.54) is 66.6 Å². The third-order valence-electron chi connectivity index (χ3n) is 16.4. The molecule has 2 aliphatic heterocycles. The minimum Gasteiger partial charge on any atom is -0.457 e. The Morgan fingerprint density at radius 2 is 0.918 bits per heavy atom. The molecular formula is C68H77BN2O2. The first-order valence-electron chi connectivity index (χ1n) is 26.8. The fourth-order valence-corrected chi connectivity index (χ4v) is 11.6. The van der Waals surface area contributed by atoms with Crippen LogP contribution in [0.1, 0.15) is 173 Å². The normalized spacial score (nSPS) is 15.8. The summed E-state index contributed by atoms with van der Waals surface area (Å²) in [5.41, 5.74) is 21.4. The molecule has 7 aromatic carbocycles. The maximum absolute atomic E-state index is 15.1. The highest BCUT2D eigenvalue weighted by Crippen LogP contribution is 2.52. The Hall–Kier alpha value is -6.33. The van der Waals surface area contributed by atoms with Crippen LogP contribution in [0.5, 0.6) is 0 Å². The van der Waals surface area contributed by atoms with Crippen molar-refractivity contribution < 1.29 is 9.53 Å². The molecule has 2 heterocycles. The van der Waals surface area contributed by atoms with Crippen molar-refractivity contribution in [1.82, 2.24) is 0 Å². The van der Waals surface area contributed by atoms with Crippen molar-refractivity contribution in [2.75, 3.05) is 9.80 Å².